The SMILES string of the molecule is CC(=O)OCC1CCC(n2nnc3c([N+](=O)[O-])nn(C)c3c2=O)O1. The number of hydrogen-bond acceptors (Lipinski definition) is 9. The summed E-state index contributed by atoms with van der Waals surface area (Å²) in [4.78, 5) is 33.6. The zero-order chi connectivity index (χ0) is 17.4. The number of fused-ring (bicyclic) bond motifs is 1. The van der Waals surface area contributed by atoms with Gasteiger partial charge in [-0.1, -0.05) is 5.21 Å². The number of esters is 1. The standard InChI is InChI=1S/C12H14N6O6/c1-6(19)23-5-7-3-4-8(24-7)17-12(20)10-9(13-15-17)11(18(21)22)14-16(10)2/h7-8H,3-5H2,1-2H3. The van der Waals surface area contributed by atoms with Gasteiger partial charge in [0.2, 0.25) is 5.52 Å². The Kier molecular flexibility index (Phi) is 3.97. The Morgan fingerprint density at radius 3 is 2.92 bits per heavy atom. The molecule has 0 spiro atoms. The highest BCUT2D eigenvalue weighted by Crippen LogP contribution is 2.27. The number of rotatable bonds is 4. The third-order valence-corrected chi connectivity index (χ3v) is 3.66. The molecule has 3 heterocycles. The van der Waals surface area contributed by atoms with E-state index in [-0.39, 0.29) is 23.7 Å². The van der Waals surface area contributed by atoms with Crippen molar-refractivity contribution in [3.8, 4) is 0 Å². The third kappa shape index (κ3) is 2.71. The van der Waals surface area contributed by atoms with E-state index >= 15 is 0 Å². The first-order chi connectivity index (χ1) is 11.4. The number of nitrogens with zero attached hydrogens (tertiary/aromatic N) is 6. The van der Waals surface area contributed by atoms with E-state index in [0.717, 1.165) is 9.36 Å². The average Bonchev–Trinajstić information content (AvgIpc) is 3.11. The van der Waals surface area contributed by atoms with Crippen LogP contribution < -0.4 is 5.56 Å². The van der Waals surface area contributed by atoms with Gasteiger partial charge in [-0.2, -0.15) is 9.36 Å². The van der Waals surface area contributed by atoms with Gasteiger partial charge in [0.15, 0.2) is 11.7 Å². The minimum absolute atomic E-state index is 0.0243. The number of nitro groups is 1. The lowest BCUT2D eigenvalue weighted by atomic mass is 10.2. The first kappa shape index (κ1) is 16.0. The lowest BCUT2D eigenvalue weighted by Gasteiger charge is -2.14. The third-order valence-electron chi connectivity index (χ3n) is 3.66. The summed E-state index contributed by atoms with van der Waals surface area (Å²) in [7, 11) is 1.42. The van der Waals surface area contributed by atoms with Crippen molar-refractivity contribution in [3.63, 3.8) is 0 Å². The average molecular weight is 338 g/mol. The summed E-state index contributed by atoms with van der Waals surface area (Å²) in [5.41, 5.74) is -0.775. The fourth-order valence-corrected chi connectivity index (χ4v) is 2.58. The molecule has 0 radical (unpaired) electrons. The monoisotopic (exact) mass is 338 g/mol. The number of aryl methyl sites for hydroxylation is 1. The van der Waals surface area contributed by atoms with Crippen LogP contribution in [0.4, 0.5) is 5.82 Å². The van der Waals surface area contributed by atoms with Crippen LogP contribution in [0.5, 0.6) is 0 Å². The topological polar surface area (TPSA) is 144 Å². The zero-order valence-electron chi connectivity index (χ0n) is 12.9. The largest absolute Gasteiger partial charge is 0.463 e. The molecule has 0 saturated carbocycles. The van der Waals surface area contributed by atoms with Crippen molar-refractivity contribution in [3.05, 3.63) is 20.5 Å². The molecule has 0 aliphatic carbocycles. The van der Waals surface area contributed by atoms with Gasteiger partial charge in [-0.25, -0.2) is 0 Å². The smallest absolute Gasteiger partial charge is 0.418 e. The van der Waals surface area contributed by atoms with E-state index in [1.54, 1.807) is 0 Å². The molecule has 1 aliphatic heterocycles. The van der Waals surface area contributed by atoms with E-state index in [9.17, 15) is 19.7 Å². The number of ether oxygens (including phenoxy) is 2. The highest BCUT2D eigenvalue weighted by molar-refractivity contribution is 5.81. The summed E-state index contributed by atoms with van der Waals surface area (Å²) < 4.78 is 12.7. The predicted octanol–water partition coefficient (Wildman–Crippen LogP) is -0.326. The van der Waals surface area contributed by atoms with Crippen molar-refractivity contribution in [1.82, 2.24) is 24.8 Å². The molecule has 12 nitrogen and oxygen atoms in total. The van der Waals surface area contributed by atoms with Crippen molar-refractivity contribution in [2.45, 2.75) is 32.1 Å². The van der Waals surface area contributed by atoms with E-state index in [1.807, 2.05) is 0 Å². The van der Waals surface area contributed by atoms with Gasteiger partial charge in [-0.05, 0) is 17.8 Å². The second kappa shape index (κ2) is 5.96. The second-order valence-electron chi connectivity index (χ2n) is 5.33. The van der Waals surface area contributed by atoms with Crippen LogP contribution in [0.3, 0.4) is 0 Å². The maximum Gasteiger partial charge on any atom is 0.418 e. The van der Waals surface area contributed by atoms with Crippen molar-refractivity contribution in [2.75, 3.05) is 6.61 Å². The highest BCUT2D eigenvalue weighted by Gasteiger charge is 2.32. The highest BCUT2D eigenvalue weighted by atomic mass is 16.6. The van der Waals surface area contributed by atoms with E-state index < -0.39 is 28.5 Å². The van der Waals surface area contributed by atoms with Crippen LogP contribution in [-0.2, 0) is 21.3 Å². The van der Waals surface area contributed by atoms with Crippen molar-refractivity contribution in [1.29, 1.82) is 0 Å². The van der Waals surface area contributed by atoms with Gasteiger partial charge in [0.25, 0.3) is 0 Å². The molecule has 2 atom stereocenters. The summed E-state index contributed by atoms with van der Waals surface area (Å²) >= 11 is 0. The van der Waals surface area contributed by atoms with Crippen molar-refractivity contribution in [2.24, 2.45) is 7.05 Å². The molecule has 2 aromatic rings. The van der Waals surface area contributed by atoms with Crippen LogP contribution in [0.1, 0.15) is 26.0 Å². The first-order valence-corrected chi connectivity index (χ1v) is 7.14. The number of carbonyl (C=O) groups excluding carboxylic acids is 1. The quantitative estimate of drug-likeness (QED) is 0.415. The van der Waals surface area contributed by atoms with Gasteiger partial charge in [-0.3, -0.25) is 9.59 Å². The minimum atomic E-state index is -0.720. The van der Waals surface area contributed by atoms with Crippen LogP contribution in [0.25, 0.3) is 11.0 Å². The molecule has 0 amide bonds. The van der Waals surface area contributed by atoms with Gasteiger partial charge in [0.1, 0.15) is 6.61 Å². The normalized spacial score (nSPS) is 20.4. The molecule has 1 aliphatic rings. The minimum Gasteiger partial charge on any atom is -0.463 e. The Bertz CT molecular complexity index is 873. The molecule has 12 heteroatoms. The molecule has 128 valence electrons. The predicted molar refractivity (Wildman–Crippen MR) is 77.0 cm³/mol. The van der Waals surface area contributed by atoms with Gasteiger partial charge in [0, 0.05) is 6.92 Å². The second-order valence-corrected chi connectivity index (χ2v) is 5.33. The maximum absolute atomic E-state index is 12.6. The van der Waals surface area contributed by atoms with Gasteiger partial charge in [-0.15, -0.1) is 5.10 Å². The van der Waals surface area contributed by atoms with Crippen LogP contribution in [0.15, 0.2) is 4.79 Å². The molecule has 3 rings (SSSR count). The fraction of sp³-hybridized carbons (Fsp3) is 0.583. The Morgan fingerprint density at radius 1 is 1.50 bits per heavy atom. The molecule has 0 bridgehead atoms. The first-order valence-electron chi connectivity index (χ1n) is 7.14. The summed E-state index contributed by atoms with van der Waals surface area (Å²) in [5, 5.41) is 22.1. The van der Waals surface area contributed by atoms with Gasteiger partial charge in [0.05, 0.1) is 18.3 Å². The number of carbonyl (C=O) groups is 1. The van der Waals surface area contributed by atoms with Gasteiger partial charge >= 0.3 is 17.3 Å². The summed E-state index contributed by atoms with van der Waals surface area (Å²) in [6.45, 7) is 1.39. The Hall–Kier alpha value is -2.89. The molecule has 0 N–H and O–H groups in total. The molecule has 0 aromatic carbocycles. The van der Waals surface area contributed by atoms with E-state index in [1.165, 1.54) is 14.0 Å². The molecule has 1 saturated heterocycles. The van der Waals surface area contributed by atoms with Crippen molar-refractivity contribution < 1.29 is 19.2 Å². The molecule has 24 heavy (non-hydrogen) atoms. The molecule has 1 fully saturated rings. The molecule has 2 aromatic heterocycles. The van der Waals surface area contributed by atoms with E-state index in [2.05, 4.69) is 15.4 Å². The Morgan fingerprint density at radius 2 is 2.25 bits per heavy atom. The van der Waals surface area contributed by atoms with Crippen LogP contribution in [-0.4, -0.2) is 48.4 Å². The van der Waals surface area contributed by atoms with E-state index in [4.69, 9.17) is 9.47 Å². The lowest BCUT2D eigenvalue weighted by Crippen LogP contribution is -2.30. The zero-order valence-corrected chi connectivity index (χ0v) is 12.9. The Labute approximate surface area is 134 Å². The number of hydrogen-bond donors (Lipinski definition) is 0. The maximum atomic E-state index is 12.6. The fourth-order valence-electron chi connectivity index (χ4n) is 2.58. The molecule has 2 unspecified atom stereocenters. The molecular formula is C12H14N6O6. The Balaban J connectivity index is 1.90. The van der Waals surface area contributed by atoms with Crippen LogP contribution in [0, 0.1) is 10.1 Å². The summed E-state index contributed by atoms with van der Waals surface area (Å²) in [5.74, 6) is -0.938. The molecular weight excluding hydrogens is 324 g/mol. The van der Waals surface area contributed by atoms with Crippen molar-refractivity contribution >= 4 is 22.8 Å². The van der Waals surface area contributed by atoms with Crippen LogP contribution >= 0.6 is 0 Å². The summed E-state index contributed by atoms with van der Waals surface area (Å²) in [6.07, 6.45) is 0.0369. The number of aromatic nitrogens is 5. The summed E-state index contributed by atoms with van der Waals surface area (Å²) in [6, 6.07) is 0. The lowest BCUT2D eigenvalue weighted by molar-refractivity contribution is -0.388. The van der Waals surface area contributed by atoms with Gasteiger partial charge < -0.3 is 19.6 Å². The van der Waals surface area contributed by atoms with E-state index in [0.29, 0.717) is 12.8 Å². The van der Waals surface area contributed by atoms with Crippen LogP contribution in [0.2, 0.25) is 0 Å².